The van der Waals surface area contributed by atoms with Gasteiger partial charge in [0.2, 0.25) is 10.0 Å². The Balaban J connectivity index is 2.28. The van der Waals surface area contributed by atoms with E-state index < -0.39 is 10.0 Å². The molecule has 1 fully saturated rings. The van der Waals surface area contributed by atoms with Crippen LogP contribution >= 0.6 is 11.6 Å². The summed E-state index contributed by atoms with van der Waals surface area (Å²) in [6, 6.07) is 0.129. The van der Waals surface area contributed by atoms with Crippen LogP contribution in [-0.2, 0) is 17.1 Å². The summed E-state index contributed by atoms with van der Waals surface area (Å²) in [7, 11) is -1.72. The topological polar surface area (TPSA) is 55.2 Å². The third kappa shape index (κ3) is 2.23. The third-order valence-corrected chi connectivity index (χ3v) is 4.62. The Morgan fingerprint density at radius 2 is 2.31 bits per heavy atom. The van der Waals surface area contributed by atoms with Crippen molar-refractivity contribution in [1.29, 1.82) is 0 Å². The van der Waals surface area contributed by atoms with Gasteiger partial charge < -0.3 is 0 Å². The van der Waals surface area contributed by atoms with Crippen molar-refractivity contribution >= 4 is 21.6 Å². The van der Waals surface area contributed by atoms with Crippen LogP contribution in [0, 0.1) is 0 Å². The van der Waals surface area contributed by atoms with Gasteiger partial charge in [-0.05, 0) is 12.8 Å². The molecule has 0 saturated heterocycles. The number of hydrogen-bond acceptors (Lipinski definition) is 3. The fraction of sp³-hybridized carbons (Fsp3) is 0.667. The molecule has 1 heterocycles. The average molecular weight is 264 g/mol. The number of sulfonamides is 1. The number of aromatic nitrogens is 2. The van der Waals surface area contributed by atoms with Gasteiger partial charge in [-0.2, -0.15) is 9.40 Å². The lowest BCUT2D eigenvalue weighted by atomic mass is 10.6. The van der Waals surface area contributed by atoms with Gasteiger partial charge in [0.1, 0.15) is 4.90 Å². The first-order valence-electron chi connectivity index (χ1n) is 5.12. The summed E-state index contributed by atoms with van der Waals surface area (Å²) >= 11 is 5.64. The van der Waals surface area contributed by atoms with Crippen LogP contribution in [0.2, 0.25) is 0 Å². The molecule has 0 N–H and O–H groups in total. The zero-order valence-corrected chi connectivity index (χ0v) is 10.6. The summed E-state index contributed by atoms with van der Waals surface area (Å²) < 4.78 is 27.4. The highest BCUT2D eigenvalue weighted by Gasteiger charge is 2.38. The van der Waals surface area contributed by atoms with Crippen LogP contribution in [0.3, 0.4) is 0 Å². The average Bonchev–Trinajstić information content (AvgIpc) is 2.96. The first-order chi connectivity index (χ1) is 7.55. The van der Waals surface area contributed by atoms with Crippen molar-refractivity contribution in [1.82, 2.24) is 14.1 Å². The van der Waals surface area contributed by atoms with Gasteiger partial charge in [-0.25, -0.2) is 8.42 Å². The molecule has 7 heteroatoms. The zero-order chi connectivity index (χ0) is 11.8. The van der Waals surface area contributed by atoms with Gasteiger partial charge in [-0.1, -0.05) is 0 Å². The van der Waals surface area contributed by atoms with Gasteiger partial charge in [-0.15, -0.1) is 11.6 Å². The Bertz CT molecular complexity index is 467. The van der Waals surface area contributed by atoms with E-state index in [1.54, 1.807) is 7.05 Å². The second-order valence-electron chi connectivity index (χ2n) is 3.89. The highest BCUT2D eigenvalue weighted by molar-refractivity contribution is 7.89. The molecule has 0 aromatic carbocycles. The largest absolute Gasteiger partial charge is 0.274 e. The van der Waals surface area contributed by atoms with E-state index in [1.165, 1.54) is 21.4 Å². The number of nitrogens with zero attached hydrogens (tertiary/aromatic N) is 3. The molecule has 0 aliphatic heterocycles. The van der Waals surface area contributed by atoms with Crippen LogP contribution in [0.1, 0.15) is 12.8 Å². The molecule has 1 aliphatic rings. The van der Waals surface area contributed by atoms with Crippen molar-refractivity contribution in [2.45, 2.75) is 23.8 Å². The van der Waals surface area contributed by atoms with E-state index in [0.717, 1.165) is 12.8 Å². The maximum atomic E-state index is 12.2. The Morgan fingerprint density at radius 1 is 1.62 bits per heavy atom. The van der Waals surface area contributed by atoms with Crippen LogP contribution in [0.15, 0.2) is 17.3 Å². The van der Waals surface area contributed by atoms with Crippen molar-refractivity contribution in [2.24, 2.45) is 7.05 Å². The molecule has 0 spiro atoms. The van der Waals surface area contributed by atoms with Gasteiger partial charge in [0.25, 0.3) is 0 Å². The predicted molar refractivity (Wildman–Crippen MR) is 60.8 cm³/mol. The monoisotopic (exact) mass is 263 g/mol. The molecule has 2 rings (SSSR count). The predicted octanol–water partition coefficient (Wildman–Crippen LogP) is 0.812. The fourth-order valence-electron chi connectivity index (χ4n) is 1.61. The second kappa shape index (κ2) is 4.35. The number of hydrogen-bond donors (Lipinski definition) is 0. The minimum absolute atomic E-state index is 0.129. The van der Waals surface area contributed by atoms with Crippen LogP contribution in [-0.4, -0.2) is 41.0 Å². The van der Waals surface area contributed by atoms with Gasteiger partial charge in [-0.3, -0.25) is 4.68 Å². The lowest BCUT2D eigenvalue weighted by Gasteiger charge is -2.19. The Labute approximate surface area is 100 Å². The quantitative estimate of drug-likeness (QED) is 0.739. The Morgan fingerprint density at radius 3 is 2.75 bits per heavy atom. The fourth-order valence-corrected chi connectivity index (χ4v) is 3.57. The molecule has 0 amide bonds. The smallest absolute Gasteiger partial charge is 0.246 e. The molecule has 0 radical (unpaired) electrons. The zero-order valence-electron chi connectivity index (χ0n) is 9.00. The molecule has 5 nitrogen and oxygen atoms in total. The standard InChI is InChI=1S/C9H14ClN3O2S/c1-12-7-9(6-11-12)16(14,15)13(5-4-10)8-2-3-8/h6-8H,2-5H2,1H3. The first kappa shape index (κ1) is 11.9. The summed E-state index contributed by atoms with van der Waals surface area (Å²) in [4.78, 5) is 0.243. The van der Waals surface area contributed by atoms with Gasteiger partial charge in [0, 0.05) is 31.7 Å². The highest BCUT2D eigenvalue weighted by atomic mass is 35.5. The number of halogens is 1. The summed E-state index contributed by atoms with van der Waals surface area (Å²) in [6.07, 6.45) is 4.74. The van der Waals surface area contributed by atoms with Crippen molar-refractivity contribution in [2.75, 3.05) is 12.4 Å². The van der Waals surface area contributed by atoms with E-state index in [0.29, 0.717) is 12.4 Å². The van der Waals surface area contributed by atoms with E-state index >= 15 is 0 Å². The minimum atomic E-state index is -3.41. The first-order valence-corrected chi connectivity index (χ1v) is 7.09. The lowest BCUT2D eigenvalue weighted by molar-refractivity contribution is 0.422. The maximum Gasteiger partial charge on any atom is 0.246 e. The number of aryl methyl sites for hydroxylation is 1. The van der Waals surface area contributed by atoms with Gasteiger partial charge in [0.05, 0.1) is 6.20 Å². The van der Waals surface area contributed by atoms with E-state index in [9.17, 15) is 8.42 Å². The Kier molecular flexibility index (Phi) is 3.23. The molecule has 1 aliphatic carbocycles. The van der Waals surface area contributed by atoms with Crippen molar-refractivity contribution < 1.29 is 8.42 Å². The van der Waals surface area contributed by atoms with Gasteiger partial charge in [0.15, 0.2) is 0 Å². The van der Waals surface area contributed by atoms with Crippen LogP contribution in [0.4, 0.5) is 0 Å². The molecule has 0 unspecified atom stereocenters. The SMILES string of the molecule is Cn1cc(S(=O)(=O)N(CCCl)C2CC2)cn1. The van der Waals surface area contributed by atoms with Crippen molar-refractivity contribution in [3.05, 3.63) is 12.4 Å². The van der Waals surface area contributed by atoms with Crippen LogP contribution in [0.25, 0.3) is 0 Å². The highest BCUT2D eigenvalue weighted by Crippen LogP contribution is 2.31. The minimum Gasteiger partial charge on any atom is -0.274 e. The van der Waals surface area contributed by atoms with Crippen LogP contribution < -0.4 is 0 Å². The molecule has 1 aromatic rings. The Hall–Kier alpha value is -0.590. The molecule has 90 valence electrons. The molecule has 1 saturated carbocycles. The third-order valence-electron chi connectivity index (χ3n) is 2.55. The van der Waals surface area contributed by atoms with Crippen molar-refractivity contribution in [3.8, 4) is 0 Å². The lowest BCUT2D eigenvalue weighted by Crippen LogP contribution is -2.34. The van der Waals surface area contributed by atoms with E-state index in [2.05, 4.69) is 5.10 Å². The second-order valence-corrected chi connectivity index (χ2v) is 6.15. The molecular formula is C9H14ClN3O2S. The summed E-state index contributed by atoms with van der Waals surface area (Å²) in [5.41, 5.74) is 0. The van der Waals surface area contributed by atoms with E-state index in [4.69, 9.17) is 11.6 Å². The summed E-state index contributed by atoms with van der Waals surface area (Å²) in [5.74, 6) is 0.315. The molecule has 0 bridgehead atoms. The van der Waals surface area contributed by atoms with E-state index in [1.807, 2.05) is 0 Å². The van der Waals surface area contributed by atoms with E-state index in [-0.39, 0.29) is 10.9 Å². The molecule has 0 atom stereocenters. The molecule has 1 aromatic heterocycles. The maximum absolute atomic E-state index is 12.2. The summed E-state index contributed by atoms with van der Waals surface area (Å²) in [6.45, 7) is 0.365. The number of alkyl halides is 1. The normalized spacial score (nSPS) is 16.9. The van der Waals surface area contributed by atoms with Gasteiger partial charge >= 0.3 is 0 Å². The van der Waals surface area contributed by atoms with Crippen LogP contribution in [0.5, 0.6) is 0 Å². The van der Waals surface area contributed by atoms with Crippen molar-refractivity contribution in [3.63, 3.8) is 0 Å². The molecular weight excluding hydrogens is 250 g/mol. The molecule has 16 heavy (non-hydrogen) atoms. The summed E-state index contributed by atoms with van der Waals surface area (Å²) in [5, 5.41) is 3.88. The number of rotatable bonds is 5.